The molecule has 0 bridgehead atoms. The van der Waals surface area contributed by atoms with Crippen LogP contribution in [-0.4, -0.2) is 62.4 Å². The molecule has 1 aliphatic rings. The number of nitrogens with zero attached hydrogens (tertiary/aromatic N) is 1. The van der Waals surface area contributed by atoms with Crippen molar-refractivity contribution in [3.05, 3.63) is 0 Å². The van der Waals surface area contributed by atoms with E-state index in [4.69, 9.17) is 10.5 Å². The Bertz CT molecular complexity index is 324. The first kappa shape index (κ1) is 15.7. The molecule has 0 aliphatic carbocycles. The van der Waals surface area contributed by atoms with E-state index in [9.17, 15) is 9.59 Å². The normalized spacial score (nSPS) is 21.9. The Hall–Kier alpha value is -1.34. The highest BCUT2D eigenvalue weighted by Gasteiger charge is 2.36. The molecule has 0 spiro atoms. The maximum absolute atomic E-state index is 12.5. The van der Waals surface area contributed by atoms with Gasteiger partial charge in [0.25, 0.3) is 0 Å². The number of rotatable bonds is 5. The molecule has 110 valence electrons. The number of methoxy groups -OCH3 is 2. The molecule has 3 N–H and O–H groups in total. The highest BCUT2D eigenvalue weighted by Crippen LogP contribution is 2.18. The van der Waals surface area contributed by atoms with E-state index in [1.165, 1.54) is 14.2 Å². The fraction of sp³-hybridized carbons (Fsp3) is 0.833. The summed E-state index contributed by atoms with van der Waals surface area (Å²) in [6.07, 6.45) is 0.741. The van der Waals surface area contributed by atoms with E-state index in [1.807, 2.05) is 0 Å². The number of likely N-dealkylation sites (tertiary alicyclic amines) is 1. The minimum absolute atomic E-state index is 0.0403. The van der Waals surface area contributed by atoms with Gasteiger partial charge >= 0.3 is 6.09 Å². The smallest absolute Gasteiger partial charge is 0.407 e. The van der Waals surface area contributed by atoms with Crippen molar-refractivity contribution < 1.29 is 19.1 Å². The SMILES string of the molecule is COC(=O)N[C@H](C(=O)N1CCC[C@H]1CN)C(C)OC. The Morgan fingerprint density at radius 3 is 2.68 bits per heavy atom. The maximum Gasteiger partial charge on any atom is 0.407 e. The highest BCUT2D eigenvalue weighted by atomic mass is 16.5. The molecular formula is C12H23N3O4. The van der Waals surface area contributed by atoms with Gasteiger partial charge in [-0.3, -0.25) is 4.79 Å². The topological polar surface area (TPSA) is 93.9 Å². The van der Waals surface area contributed by atoms with Crippen LogP contribution in [0.5, 0.6) is 0 Å². The fourth-order valence-electron chi connectivity index (χ4n) is 2.25. The summed E-state index contributed by atoms with van der Waals surface area (Å²) in [5.41, 5.74) is 5.66. The van der Waals surface area contributed by atoms with E-state index in [2.05, 4.69) is 10.1 Å². The number of hydrogen-bond donors (Lipinski definition) is 2. The third kappa shape index (κ3) is 3.81. The zero-order valence-corrected chi connectivity index (χ0v) is 11.7. The van der Waals surface area contributed by atoms with Gasteiger partial charge in [-0.2, -0.15) is 0 Å². The zero-order chi connectivity index (χ0) is 14.4. The summed E-state index contributed by atoms with van der Waals surface area (Å²) in [5.74, 6) is -0.173. The molecule has 3 atom stereocenters. The summed E-state index contributed by atoms with van der Waals surface area (Å²) in [5, 5.41) is 2.52. The second-order valence-electron chi connectivity index (χ2n) is 4.62. The Labute approximate surface area is 113 Å². The van der Waals surface area contributed by atoms with Crippen molar-refractivity contribution >= 4 is 12.0 Å². The number of alkyl carbamates (subject to hydrolysis) is 1. The lowest BCUT2D eigenvalue weighted by molar-refractivity contribution is -0.137. The standard InChI is InChI=1S/C12H23N3O4/c1-8(18-2)10(14-12(17)19-3)11(16)15-6-4-5-9(15)7-13/h8-10H,4-7,13H2,1-3H3,(H,14,17)/t8?,9-,10-/m0/s1. The van der Waals surface area contributed by atoms with Crippen molar-refractivity contribution in [2.24, 2.45) is 5.73 Å². The van der Waals surface area contributed by atoms with Crippen LogP contribution in [0.2, 0.25) is 0 Å². The Morgan fingerprint density at radius 1 is 1.47 bits per heavy atom. The quantitative estimate of drug-likeness (QED) is 0.717. The van der Waals surface area contributed by atoms with Crippen LogP contribution in [0.3, 0.4) is 0 Å². The number of nitrogens with two attached hydrogens (primary N) is 1. The molecule has 0 aromatic carbocycles. The summed E-state index contributed by atoms with van der Waals surface area (Å²) < 4.78 is 9.70. The van der Waals surface area contributed by atoms with Crippen molar-refractivity contribution in [1.82, 2.24) is 10.2 Å². The van der Waals surface area contributed by atoms with Crippen LogP contribution in [0.25, 0.3) is 0 Å². The number of hydrogen-bond acceptors (Lipinski definition) is 5. The molecule has 1 fully saturated rings. The summed E-state index contributed by atoms with van der Waals surface area (Å²) in [7, 11) is 2.75. The Morgan fingerprint density at radius 2 is 2.16 bits per heavy atom. The van der Waals surface area contributed by atoms with Gasteiger partial charge in [-0.1, -0.05) is 0 Å². The van der Waals surface area contributed by atoms with Gasteiger partial charge in [0.15, 0.2) is 0 Å². The Kier molecular flexibility index (Phi) is 6.04. The van der Waals surface area contributed by atoms with Crippen LogP contribution < -0.4 is 11.1 Å². The molecule has 2 amide bonds. The van der Waals surface area contributed by atoms with E-state index in [1.54, 1.807) is 11.8 Å². The molecule has 1 aliphatic heterocycles. The van der Waals surface area contributed by atoms with Crippen LogP contribution in [0.4, 0.5) is 4.79 Å². The van der Waals surface area contributed by atoms with Gasteiger partial charge < -0.3 is 25.4 Å². The van der Waals surface area contributed by atoms with Crippen molar-refractivity contribution in [2.75, 3.05) is 27.3 Å². The second-order valence-corrected chi connectivity index (χ2v) is 4.62. The van der Waals surface area contributed by atoms with Gasteiger partial charge in [0, 0.05) is 26.2 Å². The lowest BCUT2D eigenvalue weighted by atomic mass is 10.1. The minimum atomic E-state index is -0.760. The van der Waals surface area contributed by atoms with E-state index in [0.717, 1.165) is 12.8 Å². The first-order valence-corrected chi connectivity index (χ1v) is 6.43. The predicted octanol–water partition coefficient (Wildman–Crippen LogP) is -0.304. The third-order valence-electron chi connectivity index (χ3n) is 3.50. The highest BCUT2D eigenvalue weighted by molar-refractivity contribution is 5.86. The molecule has 0 radical (unpaired) electrons. The molecule has 0 aromatic heterocycles. The molecule has 7 nitrogen and oxygen atoms in total. The molecule has 19 heavy (non-hydrogen) atoms. The van der Waals surface area contributed by atoms with Crippen molar-refractivity contribution in [2.45, 2.75) is 38.0 Å². The van der Waals surface area contributed by atoms with Gasteiger partial charge in [-0.05, 0) is 19.8 Å². The number of nitrogens with one attached hydrogen (secondary N) is 1. The van der Waals surface area contributed by atoms with Gasteiger partial charge in [0.1, 0.15) is 6.04 Å². The average molecular weight is 273 g/mol. The minimum Gasteiger partial charge on any atom is -0.453 e. The molecule has 1 rings (SSSR count). The Balaban J connectivity index is 2.78. The molecule has 7 heteroatoms. The molecular weight excluding hydrogens is 250 g/mol. The van der Waals surface area contributed by atoms with E-state index >= 15 is 0 Å². The third-order valence-corrected chi connectivity index (χ3v) is 3.50. The van der Waals surface area contributed by atoms with Crippen LogP contribution in [0.15, 0.2) is 0 Å². The summed E-state index contributed by atoms with van der Waals surface area (Å²) in [4.78, 5) is 25.5. The summed E-state index contributed by atoms with van der Waals surface area (Å²) in [6.45, 7) is 2.82. The predicted molar refractivity (Wildman–Crippen MR) is 69.6 cm³/mol. The number of carbonyl (C=O) groups is 2. The van der Waals surface area contributed by atoms with Gasteiger partial charge in [0.2, 0.25) is 5.91 Å². The van der Waals surface area contributed by atoms with Crippen molar-refractivity contribution in [1.29, 1.82) is 0 Å². The van der Waals surface area contributed by atoms with Crippen LogP contribution in [0, 0.1) is 0 Å². The number of amides is 2. The maximum atomic E-state index is 12.5. The van der Waals surface area contributed by atoms with Gasteiger partial charge in [-0.15, -0.1) is 0 Å². The zero-order valence-electron chi connectivity index (χ0n) is 11.7. The second kappa shape index (κ2) is 7.30. The van der Waals surface area contributed by atoms with Crippen LogP contribution in [0.1, 0.15) is 19.8 Å². The molecule has 1 heterocycles. The monoisotopic (exact) mass is 273 g/mol. The van der Waals surface area contributed by atoms with Crippen LogP contribution >= 0.6 is 0 Å². The molecule has 1 unspecified atom stereocenters. The number of carbonyl (C=O) groups excluding carboxylic acids is 2. The average Bonchev–Trinajstić information content (AvgIpc) is 2.91. The van der Waals surface area contributed by atoms with Crippen LogP contribution in [-0.2, 0) is 14.3 Å². The van der Waals surface area contributed by atoms with E-state index in [0.29, 0.717) is 13.1 Å². The van der Waals surface area contributed by atoms with E-state index < -0.39 is 18.2 Å². The molecule has 0 aromatic rings. The first-order valence-electron chi connectivity index (χ1n) is 6.43. The fourth-order valence-corrected chi connectivity index (χ4v) is 2.25. The van der Waals surface area contributed by atoms with Gasteiger partial charge in [-0.25, -0.2) is 4.79 Å². The lowest BCUT2D eigenvalue weighted by Gasteiger charge is -2.30. The lowest BCUT2D eigenvalue weighted by Crippen LogP contribution is -2.56. The summed E-state index contributed by atoms with van der Waals surface area (Å²) >= 11 is 0. The van der Waals surface area contributed by atoms with Gasteiger partial charge in [0.05, 0.1) is 13.2 Å². The van der Waals surface area contributed by atoms with E-state index in [-0.39, 0.29) is 11.9 Å². The van der Waals surface area contributed by atoms with Crippen molar-refractivity contribution in [3.8, 4) is 0 Å². The van der Waals surface area contributed by atoms with Crippen molar-refractivity contribution in [3.63, 3.8) is 0 Å². The summed E-state index contributed by atoms with van der Waals surface area (Å²) in [6, 6.07) is -0.719. The molecule has 1 saturated heterocycles. The first-order chi connectivity index (χ1) is 9.04. The number of ether oxygens (including phenoxy) is 2. The largest absolute Gasteiger partial charge is 0.453 e. The molecule has 0 saturated carbocycles.